The third-order valence-corrected chi connectivity index (χ3v) is 5.19. The van der Waals surface area contributed by atoms with Gasteiger partial charge in [0.25, 0.3) is 5.91 Å². The van der Waals surface area contributed by atoms with E-state index in [2.05, 4.69) is 16.0 Å². The molecule has 0 bridgehead atoms. The maximum absolute atomic E-state index is 12.9. The van der Waals surface area contributed by atoms with Gasteiger partial charge in [-0.05, 0) is 42.2 Å². The molecule has 0 radical (unpaired) electrons. The molecule has 1 heterocycles. The van der Waals surface area contributed by atoms with E-state index in [0.717, 1.165) is 5.56 Å². The second-order valence-corrected chi connectivity index (χ2v) is 8.76. The Morgan fingerprint density at radius 2 is 1.52 bits per heavy atom. The van der Waals surface area contributed by atoms with Crippen LogP contribution in [0.25, 0.3) is 0 Å². The van der Waals surface area contributed by atoms with Gasteiger partial charge in [-0.3, -0.25) is 19.6 Å². The molecule has 0 aliphatic carbocycles. The number of benzene rings is 1. The number of carbonyl (C=O) groups excluding carboxylic acids is 3. The van der Waals surface area contributed by atoms with E-state index >= 15 is 0 Å². The molecule has 0 fully saturated rings. The summed E-state index contributed by atoms with van der Waals surface area (Å²) in [5, 5.41) is 17.7. The normalized spacial score (nSPS) is 17.2. The van der Waals surface area contributed by atoms with Crippen LogP contribution in [0.3, 0.4) is 0 Å². The van der Waals surface area contributed by atoms with Crippen LogP contribution in [0, 0.1) is 11.8 Å². The minimum absolute atomic E-state index is 0. The minimum Gasteiger partial charge on any atom is -0.343 e. The van der Waals surface area contributed by atoms with Crippen molar-refractivity contribution in [3.8, 4) is 0 Å². The van der Waals surface area contributed by atoms with E-state index in [1.54, 1.807) is 5.48 Å². The number of hydrogen-bond acceptors (Lipinski definition) is 5. The third kappa shape index (κ3) is 8.12. The van der Waals surface area contributed by atoms with E-state index in [1.165, 1.54) is 5.56 Å². The van der Waals surface area contributed by atoms with Gasteiger partial charge >= 0.3 is 0 Å². The van der Waals surface area contributed by atoms with Crippen LogP contribution in [0.2, 0.25) is 0 Å². The standard InChI is InChI=1S/C22H34N4O4.ClH/c1-13(2)9-18(21(28)25-19(10-14(3)4)22(29)26-30)24-20(27)17-11-15-7-5-6-8-16(15)12-23-17;/h5-8,13-14,17-19,23,30H,9-12H2,1-4H3,(H,24,27)(H,25,28)(H,26,29);1H/t17-,18-,19-;/m0./s1. The summed E-state index contributed by atoms with van der Waals surface area (Å²) in [7, 11) is 0. The molecule has 0 spiro atoms. The van der Waals surface area contributed by atoms with Gasteiger partial charge in [-0.2, -0.15) is 0 Å². The number of rotatable bonds is 9. The lowest BCUT2D eigenvalue weighted by Gasteiger charge is -2.28. The molecule has 1 aromatic carbocycles. The van der Waals surface area contributed by atoms with E-state index in [9.17, 15) is 14.4 Å². The fraction of sp³-hybridized carbons (Fsp3) is 0.591. The van der Waals surface area contributed by atoms with E-state index in [0.29, 0.717) is 25.8 Å². The topological polar surface area (TPSA) is 120 Å². The zero-order valence-electron chi connectivity index (χ0n) is 18.6. The quantitative estimate of drug-likeness (QED) is 0.287. The van der Waals surface area contributed by atoms with Gasteiger partial charge in [-0.15, -0.1) is 12.4 Å². The van der Waals surface area contributed by atoms with Crippen LogP contribution in [0.5, 0.6) is 0 Å². The van der Waals surface area contributed by atoms with Gasteiger partial charge in [0.1, 0.15) is 12.1 Å². The number of hydroxylamine groups is 1. The van der Waals surface area contributed by atoms with Crippen molar-refractivity contribution in [1.82, 2.24) is 21.4 Å². The van der Waals surface area contributed by atoms with Gasteiger partial charge in [-0.25, -0.2) is 5.48 Å². The van der Waals surface area contributed by atoms with Gasteiger partial charge in [0.15, 0.2) is 0 Å². The molecule has 8 nitrogen and oxygen atoms in total. The largest absolute Gasteiger partial charge is 0.343 e. The van der Waals surface area contributed by atoms with Crippen LogP contribution in [0.1, 0.15) is 51.7 Å². The molecular weight excluding hydrogens is 420 g/mol. The number of amides is 3. The smallest absolute Gasteiger partial charge is 0.265 e. The van der Waals surface area contributed by atoms with E-state index in [-0.39, 0.29) is 30.2 Å². The lowest BCUT2D eigenvalue weighted by Crippen LogP contribution is -2.57. The molecule has 3 atom stereocenters. The van der Waals surface area contributed by atoms with Crippen LogP contribution >= 0.6 is 12.4 Å². The Kier molecular flexibility index (Phi) is 11.0. The zero-order chi connectivity index (χ0) is 22.3. The molecular formula is C22H35ClN4O4. The molecule has 1 aromatic rings. The monoisotopic (exact) mass is 454 g/mol. The highest BCUT2D eigenvalue weighted by molar-refractivity contribution is 5.93. The average Bonchev–Trinajstić information content (AvgIpc) is 2.70. The molecule has 1 aliphatic heterocycles. The predicted molar refractivity (Wildman–Crippen MR) is 121 cm³/mol. The maximum atomic E-state index is 12.9. The van der Waals surface area contributed by atoms with E-state index in [1.807, 2.05) is 52.0 Å². The van der Waals surface area contributed by atoms with Crippen LogP contribution in [0.15, 0.2) is 24.3 Å². The highest BCUT2D eigenvalue weighted by atomic mass is 35.5. The van der Waals surface area contributed by atoms with Crippen LogP contribution < -0.4 is 21.4 Å². The summed E-state index contributed by atoms with van der Waals surface area (Å²) >= 11 is 0. The lowest BCUT2D eigenvalue weighted by atomic mass is 9.95. The van der Waals surface area contributed by atoms with Gasteiger partial charge in [0.05, 0.1) is 6.04 Å². The first-order valence-electron chi connectivity index (χ1n) is 10.6. The van der Waals surface area contributed by atoms with Crippen molar-refractivity contribution in [2.45, 2.75) is 71.6 Å². The first-order chi connectivity index (χ1) is 14.2. The Balaban J connectivity index is 0.00000480. The molecule has 0 aromatic heterocycles. The molecule has 3 amide bonds. The zero-order valence-corrected chi connectivity index (χ0v) is 19.4. The molecule has 0 saturated heterocycles. The van der Waals surface area contributed by atoms with Gasteiger partial charge in [0, 0.05) is 6.54 Å². The minimum atomic E-state index is -0.867. The second-order valence-electron chi connectivity index (χ2n) is 8.76. The second kappa shape index (κ2) is 12.6. The molecule has 0 unspecified atom stereocenters. The summed E-state index contributed by atoms with van der Waals surface area (Å²) in [5.74, 6) is -1.04. The number of nitrogens with one attached hydrogen (secondary N) is 4. The summed E-state index contributed by atoms with van der Waals surface area (Å²) in [6.45, 7) is 8.37. The Morgan fingerprint density at radius 1 is 0.968 bits per heavy atom. The van der Waals surface area contributed by atoms with Crippen molar-refractivity contribution in [3.63, 3.8) is 0 Å². The first kappa shape index (κ1) is 26.9. The van der Waals surface area contributed by atoms with Crippen molar-refractivity contribution in [2.24, 2.45) is 11.8 Å². The van der Waals surface area contributed by atoms with Crippen molar-refractivity contribution in [1.29, 1.82) is 0 Å². The summed E-state index contributed by atoms with van der Waals surface area (Å²) in [6, 6.07) is 5.92. The summed E-state index contributed by atoms with van der Waals surface area (Å²) < 4.78 is 0. The number of halogens is 1. The summed E-state index contributed by atoms with van der Waals surface area (Å²) in [6.07, 6.45) is 1.37. The molecule has 5 N–H and O–H groups in total. The first-order valence-corrected chi connectivity index (χ1v) is 10.6. The van der Waals surface area contributed by atoms with Crippen LogP contribution in [0.4, 0.5) is 0 Å². The van der Waals surface area contributed by atoms with Crippen LogP contribution in [-0.2, 0) is 27.3 Å². The van der Waals surface area contributed by atoms with E-state index < -0.39 is 29.9 Å². The highest BCUT2D eigenvalue weighted by Gasteiger charge is 2.31. The van der Waals surface area contributed by atoms with Gasteiger partial charge in [-0.1, -0.05) is 52.0 Å². The average molecular weight is 455 g/mol. The summed E-state index contributed by atoms with van der Waals surface area (Å²) in [5.41, 5.74) is 3.90. The number of hydrogen-bond donors (Lipinski definition) is 5. The van der Waals surface area contributed by atoms with E-state index in [4.69, 9.17) is 5.21 Å². The molecule has 1 aliphatic rings. The predicted octanol–water partition coefficient (Wildman–Crippen LogP) is 1.69. The number of fused-ring (bicyclic) bond motifs is 1. The highest BCUT2D eigenvalue weighted by Crippen LogP contribution is 2.17. The molecule has 0 saturated carbocycles. The summed E-state index contributed by atoms with van der Waals surface area (Å²) in [4.78, 5) is 37.7. The van der Waals surface area contributed by atoms with Crippen molar-refractivity contribution in [2.75, 3.05) is 0 Å². The van der Waals surface area contributed by atoms with Crippen molar-refractivity contribution < 1.29 is 19.6 Å². The van der Waals surface area contributed by atoms with Crippen molar-refractivity contribution in [3.05, 3.63) is 35.4 Å². The molecule has 174 valence electrons. The maximum Gasteiger partial charge on any atom is 0.265 e. The fourth-order valence-corrected chi connectivity index (χ4v) is 3.67. The fourth-order valence-electron chi connectivity index (χ4n) is 3.67. The van der Waals surface area contributed by atoms with Gasteiger partial charge in [0.2, 0.25) is 11.8 Å². The third-order valence-electron chi connectivity index (χ3n) is 5.19. The molecule has 31 heavy (non-hydrogen) atoms. The Morgan fingerprint density at radius 3 is 2.06 bits per heavy atom. The van der Waals surface area contributed by atoms with Gasteiger partial charge < -0.3 is 16.0 Å². The Hall–Kier alpha value is -2.16. The number of carbonyl (C=O) groups is 3. The Bertz CT molecular complexity index is 757. The Labute approximate surface area is 190 Å². The SMILES string of the molecule is CC(C)C[C@H](NC(=O)[C@H](CC(C)C)NC(=O)[C@@H]1Cc2ccccc2CN1)C(=O)NO.Cl. The van der Waals surface area contributed by atoms with Crippen LogP contribution in [-0.4, -0.2) is 41.1 Å². The van der Waals surface area contributed by atoms with Crippen molar-refractivity contribution >= 4 is 30.1 Å². The molecule has 9 heteroatoms. The lowest BCUT2D eigenvalue weighted by molar-refractivity contribution is -0.136. The molecule has 2 rings (SSSR count).